The summed E-state index contributed by atoms with van der Waals surface area (Å²) >= 11 is 0. The molecule has 0 aliphatic heterocycles. The molecule has 0 radical (unpaired) electrons. The molecule has 2 aromatic heterocycles. The number of hydrogen-bond donors (Lipinski definition) is 0. The first-order valence-electron chi connectivity index (χ1n) is 26.1. The first-order valence-corrected chi connectivity index (χ1v) is 28.6. The third-order valence-electron chi connectivity index (χ3n) is 11.0. The van der Waals surface area contributed by atoms with E-state index in [0.717, 1.165) is 27.0 Å². The maximum absolute atomic E-state index is 13.0. The van der Waals surface area contributed by atoms with Crippen molar-refractivity contribution in [2.24, 2.45) is 0 Å². The number of carbonyl (C=O) groups excluding carboxylic acids is 2. The Morgan fingerprint density at radius 2 is 0.365 bits per heavy atom. The van der Waals surface area contributed by atoms with Crippen molar-refractivity contribution >= 4 is 100 Å². The molecule has 0 aliphatic carbocycles. The Labute approximate surface area is 605 Å². The van der Waals surface area contributed by atoms with Crippen LogP contribution in [-0.4, -0.2) is 105 Å². The third kappa shape index (κ3) is 33.5. The van der Waals surface area contributed by atoms with Crippen molar-refractivity contribution in [3.63, 3.8) is 0 Å². The predicted molar refractivity (Wildman–Crippen MR) is 313 cm³/mol. The van der Waals surface area contributed by atoms with E-state index in [2.05, 4.69) is 39.9 Å². The number of fused-ring (bicyclic) bond motifs is 12. The number of carbonyl (C=O) groups is 2. The Kier molecular flexibility index (Phi) is 44.8. The molecule has 2 heterocycles. The van der Waals surface area contributed by atoms with Gasteiger partial charge in [0.15, 0.2) is 0 Å². The van der Waals surface area contributed by atoms with E-state index in [1.807, 2.05) is 48.5 Å². The zero-order valence-electron chi connectivity index (χ0n) is 52.5. The molecule has 10 rings (SSSR count). The Morgan fingerprint density at radius 3 is 0.458 bits per heavy atom. The van der Waals surface area contributed by atoms with Crippen LogP contribution in [-0.2, 0) is 87.5 Å². The maximum atomic E-state index is 13.0. The molecule has 8 bridgehead atoms. The Balaban J connectivity index is 0. The summed E-state index contributed by atoms with van der Waals surface area (Å²) in [6.45, 7) is 0. The van der Waals surface area contributed by atoms with E-state index in [1.54, 1.807) is 150 Å². The smallest absolute Gasteiger partial charge is 0.872 e. The Morgan fingerprint density at radius 1 is 0.260 bits per heavy atom. The maximum Gasteiger partial charge on any atom is 2.00 e. The van der Waals surface area contributed by atoms with Crippen LogP contribution in [0.15, 0.2) is 219 Å². The molecular weight excluding hydrogens is 1500 g/mol. The second kappa shape index (κ2) is 47.8. The van der Waals surface area contributed by atoms with E-state index in [9.17, 15) is 30.0 Å². The number of amides is 2. The van der Waals surface area contributed by atoms with Gasteiger partial charge in [-0.15, -0.1) is 20.5 Å². The van der Waals surface area contributed by atoms with Crippen LogP contribution in [0.2, 0.25) is 0 Å². The average Bonchev–Trinajstić information content (AvgIpc) is 0.910. The first-order chi connectivity index (χ1) is 43.9. The summed E-state index contributed by atoms with van der Waals surface area (Å²) in [7, 11) is -1.64. The second-order valence-electron chi connectivity index (χ2n) is 18.0. The molecule has 480 valence electrons. The van der Waals surface area contributed by atoms with E-state index in [4.69, 9.17) is 47.5 Å². The monoisotopic (exact) mass is 1550 g/mol. The second-order valence-corrected chi connectivity index (χ2v) is 19.5. The minimum atomic E-state index is -4.94. The summed E-state index contributed by atoms with van der Waals surface area (Å²) in [5.74, 6) is -0.707. The zero-order chi connectivity index (χ0) is 68.2. The van der Waals surface area contributed by atoms with Gasteiger partial charge in [0.2, 0.25) is 12.8 Å². The largest absolute Gasteiger partial charge is 2.00 e. The van der Waals surface area contributed by atoms with E-state index in [1.165, 1.54) is 59.4 Å². The van der Waals surface area contributed by atoms with Crippen LogP contribution < -0.4 is 67.9 Å². The standard InChI is InChI=1S/2C28H20N4O2.2C3H7NO.2CH3O.2ClHO4.4Zn/c2*33-27-19-7-5-9-21(27)17-31-25-13-3-4-14-26(25)32-18-22-10-6-8-20(28(22)34)16-30-24-12-2-1-11-23(24)29-15-19;2*1-4(2)3-5;2*1-2;2*2-1(3,4)5;;;;/h2*1-18,33-34H;2*3H,1-2H3;2*1H3;2*(H,2,3,4,5);;;;/q;;;;2*-1;;;4*+2/p-6. The van der Waals surface area contributed by atoms with Crippen LogP contribution in [0.4, 0.5) is 0 Å². The van der Waals surface area contributed by atoms with Crippen LogP contribution in [0.1, 0.15) is 0 Å². The molecule has 0 fully saturated rings. The molecule has 10 aromatic rings. The molecule has 96 heavy (non-hydrogen) atoms. The van der Waals surface area contributed by atoms with E-state index >= 15 is 0 Å². The fourth-order valence-electron chi connectivity index (χ4n) is 6.95. The summed E-state index contributed by atoms with van der Waals surface area (Å²) in [5, 5.41) is 71.8. The topological polar surface area (TPSA) is 467 Å². The van der Waals surface area contributed by atoms with Crippen LogP contribution in [0.5, 0.6) is 23.0 Å². The van der Waals surface area contributed by atoms with Crippen molar-refractivity contribution in [1.82, 2.24) is 49.7 Å². The number of nitrogens with zero attached hydrogens (tertiary/aromatic N) is 10. The van der Waals surface area contributed by atoms with Crippen LogP contribution in [0, 0.1) is 20.5 Å². The van der Waals surface area contributed by atoms with Gasteiger partial charge < -0.3 is 40.4 Å². The van der Waals surface area contributed by atoms with Crippen molar-refractivity contribution < 1.29 is 176 Å². The van der Waals surface area contributed by atoms with Gasteiger partial charge in [0.05, 0.1) is 44.1 Å². The van der Waals surface area contributed by atoms with Gasteiger partial charge in [-0.25, -0.2) is 37.3 Å². The summed E-state index contributed by atoms with van der Waals surface area (Å²) in [6, 6.07) is 50.0. The number of rotatable bonds is 2. The molecule has 0 aliphatic rings. The summed E-state index contributed by atoms with van der Waals surface area (Å²) in [5.41, 5.74) is 4.65. The van der Waals surface area contributed by atoms with Gasteiger partial charge in [-0.1, -0.05) is 144 Å². The number of aromatic nitrogens is 8. The van der Waals surface area contributed by atoms with Crippen LogP contribution >= 0.6 is 0 Å². The third-order valence-corrected chi connectivity index (χ3v) is 11.0. The zero-order valence-corrected chi connectivity index (χ0v) is 65.9. The Hall–Kier alpha value is -8.07. The average molecular weight is 1550 g/mol. The van der Waals surface area contributed by atoms with Crippen LogP contribution in [0.3, 0.4) is 0 Å². The van der Waals surface area contributed by atoms with Gasteiger partial charge >= 0.3 is 77.9 Å². The molecule has 0 saturated carbocycles. The molecule has 8 aromatic carbocycles. The molecule has 0 spiro atoms. The molecule has 0 saturated heterocycles. The van der Waals surface area contributed by atoms with Gasteiger partial charge in [-0.3, -0.25) is 49.5 Å². The van der Waals surface area contributed by atoms with Crippen molar-refractivity contribution in [3.8, 4) is 23.0 Å². The van der Waals surface area contributed by atoms with Gasteiger partial charge in [0.1, 0.15) is 0 Å². The number of hydrogen-bond acceptors (Lipinski definition) is 24. The molecule has 0 atom stereocenters. The Bertz CT molecular complexity index is 3650. The number of benzene rings is 8. The quantitative estimate of drug-likeness (QED) is 0.128. The minimum absolute atomic E-state index is 0. The van der Waals surface area contributed by atoms with Crippen LogP contribution in [0.25, 0.3) is 87.2 Å². The van der Waals surface area contributed by atoms with E-state index in [0.29, 0.717) is 87.2 Å². The molecule has 32 heteroatoms. The first kappa shape index (κ1) is 90.0. The van der Waals surface area contributed by atoms with Crippen molar-refractivity contribution in [2.75, 3.05) is 42.4 Å². The van der Waals surface area contributed by atoms with Crippen molar-refractivity contribution in [2.45, 2.75) is 0 Å². The predicted octanol–water partition coefficient (Wildman–Crippen LogP) is -2.49. The van der Waals surface area contributed by atoms with E-state index < -0.39 is 20.5 Å². The van der Waals surface area contributed by atoms with Gasteiger partial charge in [-0.05, 0) is 91.6 Å². The molecular formula is C64H56Cl2N10O16Zn4. The van der Waals surface area contributed by atoms with Gasteiger partial charge in [0, 0.05) is 77.8 Å². The number of halogens is 2. The van der Waals surface area contributed by atoms with Gasteiger partial charge in [-0.2, -0.15) is 14.2 Å². The summed E-state index contributed by atoms with van der Waals surface area (Å²) in [6.07, 6.45) is 13.7. The molecule has 0 unspecified atom stereocenters. The molecule has 26 nitrogen and oxygen atoms in total. The van der Waals surface area contributed by atoms with E-state index in [-0.39, 0.29) is 101 Å². The van der Waals surface area contributed by atoms with Gasteiger partial charge in [0.25, 0.3) is 0 Å². The number of para-hydroxylation sites is 12. The molecule has 0 N–H and O–H groups in total. The fraction of sp³-hybridized carbons (Fsp3) is 0.0938. The van der Waals surface area contributed by atoms with Crippen molar-refractivity contribution in [1.29, 1.82) is 0 Å². The minimum Gasteiger partial charge on any atom is -0.872 e. The van der Waals surface area contributed by atoms with Crippen molar-refractivity contribution in [3.05, 3.63) is 219 Å². The SMILES string of the molecule is CN(C)C=O.CN(C)C=O.C[O-].C[O-].[O-][Cl+3]([O-])([O-])[O-].[O-][Cl+3]([O-])([O-])[O-].[O-]c1c2cccc1cnc1ccccc1ncc1cccc(cnc3ccccc3nc2)c1[O-].[O-]c1c2cccc1cnc1ccccc1ncc1cccc(cnc3ccccc3nc2)c1[O-].[Zn+2].[Zn+2].[Zn+2].[Zn+2]. The summed E-state index contributed by atoms with van der Waals surface area (Å²) < 4.78 is 67.9. The summed E-state index contributed by atoms with van der Waals surface area (Å²) in [4.78, 5) is 57.7. The fourth-order valence-corrected chi connectivity index (χ4v) is 6.95. The normalized spacial score (nSPS) is 9.58. The molecule has 2 amide bonds.